The van der Waals surface area contributed by atoms with Gasteiger partial charge in [0.05, 0.1) is 5.37 Å². The summed E-state index contributed by atoms with van der Waals surface area (Å²) in [6.45, 7) is 10.2. The molecule has 0 radical (unpaired) electrons. The molecule has 0 aromatic heterocycles. The molecular weight excluding hydrogens is 276 g/mol. The number of carboxylic acid groups (broad SMARTS) is 1. The largest absolute Gasteiger partial charge is 0.480 e. The summed E-state index contributed by atoms with van der Waals surface area (Å²) in [5, 5.41) is 12.2. The molecule has 5 nitrogen and oxygen atoms in total. The standard InChI is InChI=1S/C14H26N2O3S/c1-6-9(4)10(5)15-14(19)16-11(13(17)18)7-20-12(16)8(2)3/h8-12H,6-7H2,1-5H3,(H,15,19)(H,17,18). The predicted molar refractivity (Wildman–Crippen MR) is 81.8 cm³/mol. The van der Waals surface area contributed by atoms with Gasteiger partial charge >= 0.3 is 12.0 Å². The lowest BCUT2D eigenvalue weighted by Gasteiger charge is -2.32. The minimum Gasteiger partial charge on any atom is -0.480 e. The van der Waals surface area contributed by atoms with Crippen molar-refractivity contribution in [1.29, 1.82) is 0 Å². The Balaban J connectivity index is 2.81. The molecule has 1 aliphatic rings. The number of carbonyl (C=O) groups is 2. The van der Waals surface area contributed by atoms with Gasteiger partial charge < -0.3 is 10.4 Å². The van der Waals surface area contributed by atoms with Crippen LogP contribution < -0.4 is 5.32 Å². The van der Waals surface area contributed by atoms with Crippen LogP contribution in [0.15, 0.2) is 0 Å². The van der Waals surface area contributed by atoms with Gasteiger partial charge in [-0.25, -0.2) is 9.59 Å². The highest BCUT2D eigenvalue weighted by molar-refractivity contribution is 8.00. The molecule has 6 heteroatoms. The zero-order valence-electron chi connectivity index (χ0n) is 12.9. The van der Waals surface area contributed by atoms with Gasteiger partial charge in [-0.2, -0.15) is 0 Å². The van der Waals surface area contributed by atoms with Gasteiger partial charge in [0.1, 0.15) is 6.04 Å². The first-order valence-electron chi connectivity index (χ1n) is 7.22. The van der Waals surface area contributed by atoms with Gasteiger partial charge in [-0.3, -0.25) is 4.90 Å². The number of carboxylic acids is 1. The maximum atomic E-state index is 12.4. The molecule has 1 rings (SSSR count). The van der Waals surface area contributed by atoms with Crippen molar-refractivity contribution in [2.75, 3.05) is 5.75 Å². The van der Waals surface area contributed by atoms with Crippen LogP contribution in [0, 0.1) is 11.8 Å². The molecule has 2 N–H and O–H groups in total. The number of nitrogens with one attached hydrogen (secondary N) is 1. The topological polar surface area (TPSA) is 69.6 Å². The van der Waals surface area contributed by atoms with Crippen LogP contribution in [-0.2, 0) is 4.79 Å². The van der Waals surface area contributed by atoms with Crippen molar-refractivity contribution >= 4 is 23.8 Å². The molecule has 116 valence electrons. The van der Waals surface area contributed by atoms with Gasteiger partial charge in [0, 0.05) is 11.8 Å². The monoisotopic (exact) mass is 302 g/mol. The molecule has 4 unspecified atom stereocenters. The van der Waals surface area contributed by atoms with Crippen LogP contribution in [0.3, 0.4) is 0 Å². The highest BCUT2D eigenvalue weighted by atomic mass is 32.2. The number of thioether (sulfide) groups is 1. The summed E-state index contributed by atoms with van der Waals surface area (Å²) in [5.41, 5.74) is 0. The third-order valence-electron chi connectivity index (χ3n) is 3.97. The van der Waals surface area contributed by atoms with E-state index in [2.05, 4.69) is 19.2 Å². The summed E-state index contributed by atoms with van der Waals surface area (Å²) >= 11 is 1.55. The Morgan fingerprint density at radius 2 is 1.95 bits per heavy atom. The van der Waals surface area contributed by atoms with Gasteiger partial charge in [0.15, 0.2) is 0 Å². The number of amides is 2. The molecular formula is C14H26N2O3S. The van der Waals surface area contributed by atoms with E-state index in [0.29, 0.717) is 11.7 Å². The second kappa shape index (κ2) is 7.20. The van der Waals surface area contributed by atoms with E-state index < -0.39 is 12.0 Å². The van der Waals surface area contributed by atoms with Gasteiger partial charge in [-0.15, -0.1) is 11.8 Å². The Morgan fingerprint density at radius 1 is 1.35 bits per heavy atom. The van der Waals surface area contributed by atoms with Gasteiger partial charge in [0.25, 0.3) is 0 Å². The number of hydrogen-bond acceptors (Lipinski definition) is 3. The SMILES string of the molecule is CCC(C)C(C)NC(=O)N1C(C(=O)O)CSC1C(C)C. The minimum atomic E-state index is -0.924. The molecule has 1 aliphatic heterocycles. The molecule has 0 aromatic rings. The second-order valence-corrected chi connectivity index (χ2v) is 7.00. The van der Waals surface area contributed by atoms with Crippen molar-refractivity contribution in [2.45, 2.75) is 58.5 Å². The summed E-state index contributed by atoms with van der Waals surface area (Å²) in [6, 6.07) is -0.939. The van der Waals surface area contributed by atoms with E-state index in [-0.39, 0.29) is 23.4 Å². The number of aliphatic carboxylic acids is 1. The third-order valence-corrected chi connectivity index (χ3v) is 5.59. The molecule has 1 heterocycles. The van der Waals surface area contributed by atoms with Gasteiger partial charge in [-0.1, -0.05) is 34.1 Å². The van der Waals surface area contributed by atoms with Crippen LogP contribution in [0.25, 0.3) is 0 Å². The lowest BCUT2D eigenvalue weighted by atomic mass is 10.0. The zero-order chi connectivity index (χ0) is 15.4. The van der Waals surface area contributed by atoms with E-state index in [1.807, 2.05) is 20.8 Å². The molecule has 0 spiro atoms. The first-order valence-corrected chi connectivity index (χ1v) is 8.27. The van der Waals surface area contributed by atoms with Gasteiger partial charge in [-0.05, 0) is 18.8 Å². The summed E-state index contributed by atoms with van der Waals surface area (Å²) in [6.07, 6.45) is 0.978. The Labute approximate surface area is 125 Å². The Bertz CT molecular complexity index is 362. The first-order chi connectivity index (χ1) is 9.29. The van der Waals surface area contributed by atoms with Crippen molar-refractivity contribution in [2.24, 2.45) is 11.8 Å². The molecule has 4 atom stereocenters. The molecule has 0 bridgehead atoms. The predicted octanol–water partition coefficient (Wildman–Crippen LogP) is 2.61. The second-order valence-electron chi connectivity index (χ2n) is 5.85. The van der Waals surface area contributed by atoms with Crippen LogP contribution in [0.2, 0.25) is 0 Å². The van der Waals surface area contributed by atoms with Crippen molar-refractivity contribution in [3.63, 3.8) is 0 Å². The van der Waals surface area contributed by atoms with E-state index in [9.17, 15) is 14.7 Å². The van der Waals surface area contributed by atoms with Crippen LogP contribution in [-0.4, -0.2) is 45.2 Å². The summed E-state index contributed by atoms with van der Waals surface area (Å²) in [5.74, 6) is 0.138. The van der Waals surface area contributed by atoms with Crippen molar-refractivity contribution in [1.82, 2.24) is 10.2 Å². The van der Waals surface area contributed by atoms with Crippen LogP contribution in [0.5, 0.6) is 0 Å². The fourth-order valence-electron chi connectivity index (χ4n) is 2.25. The summed E-state index contributed by atoms with van der Waals surface area (Å²) < 4.78 is 0. The number of rotatable bonds is 5. The number of urea groups is 1. The fraction of sp³-hybridized carbons (Fsp3) is 0.857. The average Bonchev–Trinajstić information content (AvgIpc) is 2.82. The molecule has 0 aromatic carbocycles. The Kier molecular flexibility index (Phi) is 6.17. The highest BCUT2D eigenvalue weighted by Gasteiger charge is 2.43. The van der Waals surface area contributed by atoms with E-state index >= 15 is 0 Å². The lowest BCUT2D eigenvalue weighted by Crippen LogP contribution is -2.53. The Morgan fingerprint density at radius 3 is 2.40 bits per heavy atom. The van der Waals surface area contributed by atoms with E-state index in [0.717, 1.165) is 6.42 Å². The maximum absolute atomic E-state index is 12.4. The van der Waals surface area contributed by atoms with E-state index in [1.54, 1.807) is 11.8 Å². The number of nitrogens with zero attached hydrogens (tertiary/aromatic N) is 1. The number of carbonyl (C=O) groups excluding carboxylic acids is 1. The molecule has 1 fully saturated rings. The quantitative estimate of drug-likeness (QED) is 0.819. The van der Waals surface area contributed by atoms with Crippen molar-refractivity contribution in [3.8, 4) is 0 Å². The first kappa shape index (κ1) is 17.1. The maximum Gasteiger partial charge on any atom is 0.327 e. The fourth-order valence-corrected chi connectivity index (χ4v) is 3.72. The van der Waals surface area contributed by atoms with Crippen LogP contribution in [0.1, 0.15) is 41.0 Å². The summed E-state index contributed by atoms with van der Waals surface area (Å²) in [4.78, 5) is 25.3. The average molecular weight is 302 g/mol. The van der Waals surface area contributed by atoms with E-state index in [4.69, 9.17) is 0 Å². The minimum absolute atomic E-state index is 0.0420. The normalized spacial score (nSPS) is 25.6. The van der Waals surface area contributed by atoms with Crippen molar-refractivity contribution < 1.29 is 14.7 Å². The van der Waals surface area contributed by atoms with Crippen LogP contribution in [0.4, 0.5) is 4.79 Å². The van der Waals surface area contributed by atoms with Crippen molar-refractivity contribution in [3.05, 3.63) is 0 Å². The molecule has 1 saturated heterocycles. The Hall–Kier alpha value is -0.910. The molecule has 0 saturated carbocycles. The molecule has 0 aliphatic carbocycles. The highest BCUT2D eigenvalue weighted by Crippen LogP contribution is 2.34. The van der Waals surface area contributed by atoms with E-state index in [1.165, 1.54) is 4.90 Å². The third kappa shape index (κ3) is 3.81. The zero-order valence-corrected chi connectivity index (χ0v) is 13.7. The molecule has 20 heavy (non-hydrogen) atoms. The van der Waals surface area contributed by atoms with Gasteiger partial charge in [0.2, 0.25) is 0 Å². The molecule has 2 amide bonds. The smallest absolute Gasteiger partial charge is 0.327 e. The lowest BCUT2D eigenvalue weighted by molar-refractivity contribution is -0.141. The number of hydrogen-bond donors (Lipinski definition) is 2. The van der Waals surface area contributed by atoms with Crippen LogP contribution >= 0.6 is 11.8 Å². The summed E-state index contributed by atoms with van der Waals surface area (Å²) in [7, 11) is 0.